The van der Waals surface area contributed by atoms with Crippen molar-refractivity contribution in [3.8, 4) is 0 Å². The molecule has 1 aliphatic carbocycles. The number of allylic oxidation sites excluding steroid dienone is 8. The quantitative estimate of drug-likeness (QED) is 0.0556. The second kappa shape index (κ2) is 33.2. The Bertz CT molecular complexity index is 690. The number of rotatable bonds is 32. The Hall–Kier alpha value is -1.12. The first-order valence-corrected chi connectivity index (χ1v) is 19.6. The van der Waals surface area contributed by atoms with E-state index in [9.17, 15) is 0 Å². The van der Waals surface area contributed by atoms with Crippen LogP contribution in [0.5, 0.6) is 0 Å². The van der Waals surface area contributed by atoms with Gasteiger partial charge < -0.3 is 9.47 Å². The van der Waals surface area contributed by atoms with Crippen molar-refractivity contribution in [2.24, 2.45) is 5.92 Å². The maximum absolute atomic E-state index is 6.34. The second-order valence-corrected chi connectivity index (χ2v) is 13.6. The number of hydrogen-bond acceptors (Lipinski definition) is 2. The van der Waals surface area contributed by atoms with Crippen LogP contribution < -0.4 is 0 Å². The van der Waals surface area contributed by atoms with Gasteiger partial charge in [0.05, 0.1) is 12.2 Å². The highest BCUT2D eigenvalue weighted by Crippen LogP contribution is 2.30. The Morgan fingerprint density at radius 1 is 0.409 bits per heavy atom. The van der Waals surface area contributed by atoms with E-state index in [1.807, 2.05) is 0 Å². The van der Waals surface area contributed by atoms with Gasteiger partial charge in [-0.3, -0.25) is 0 Å². The Morgan fingerprint density at radius 2 is 0.750 bits per heavy atom. The van der Waals surface area contributed by atoms with E-state index in [4.69, 9.17) is 9.47 Å². The van der Waals surface area contributed by atoms with Crippen molar-refractivity contribution in [3.05, 3.63) is 48.6 Å². The fourth-order valence-corrected chi connectivity index (χ4v) is 6.18. The highest BCUT2D eigenvalue weighted by Gasteiger charge is 2.33. The topological polar surface area (TPSA) is 18.5 Å². The van der Waals surface area contributed by atoms with Gasteiger partial charge >= 0.3 is 0 Å². The molecule has 3 atom stereocenters. The first-order chi connectivity index (χ1) is 21.8. The van der Waals surface area contributed by atoms with Gasteiger partial charge in [0.15, 0.2) is 0 Å². The maximum atomic E-state index is 6.34. The monoisotopic (exact) mass is 613 g/mol. The molecule has 1 fully saturated rings. The van der Waals surface area contributed by atoms with E-state index in [1.54, 1.807) is 0 Å². The highest BCUT2D eigenvalue weighted by molar-refractivity contribution is 4.93. The molecule has 1 aliphatic rings. The minimum Gasteiger partial charge on any atom is -0.376 e. The van der Waals surface area contributed by atoms with Gasteiger partial charge in [0, 0.05) is 13.2 Å². The molecule has 256 valence electrons. The molecule has 0 aromatic heterocycles. The third-order valence-electron chi connectivity index (χ3n) is 9.04. The molecule has 0 unspecified atom stereocenters. The van der Waals surface area contributed by atoms with Gasteiger partial charge in [0.25, 0.3) is 0 Å². The van der Waals surface area contributed by atoms with Crippen LogP contribution in [-0.4, -0.2) is 25.4 Å². The third-order valence-corrected chi connectivity index (χ3v) is 9.04. The van der Waals surface area contributed by atoms with Crippen molar-refractivity contribution in [3.63, 3.8) is 0 Å². The van der Waals surface area contributed by atoms with Crippen molar-refractivity contribution in [1.82, 2.24) is 0 Å². The van der Waals surface area contributed by atoms with Crippen LogP contribution in [0.3, 0.4) is 0 Å². The van der Waals surface area contributed by atoms with Crippen LogP contribution >= 0.6 is 0 Å². The average Bonchev–Trinajstić information content (AvgIpc) is 3.38. The maximum Gasteiger partial charge on any atom is 0.0839 e. The summed E-state index contributed by atoms with van der Waals surface area (Å²) in [6, 6.07) is 0. The molecule has 2 nitrogen and oxygen atoms in total. The van der Waals surface area contributed by atoms with E-state index in [-0.39, 0.29) is 0 Å². The summed E-state index contributed by atoms with van der Waals surface area (Å²) < 4.78 is 12.7. The summed E-state index contributed by atoms with van der Waals surface area (Å²) in [5.74, 6) is 0.734. The van der Waals surface area contributed by atoms with Gasteiger partial charge in [-0.15, -0.1) is 0 Å². The standard InChI is InChI=1S/C42H76O2/c1-4-6-8-10-12-14-16-18-20-22-24-26-28-30-32-34-36-43-41-38-40(3)39-42(41)44-37-35-33-31-29-27-25-23-21-19-17-15-13-11-9-7-5-2/h10,12-13,15-16,18-19,21,40-42H,4-9,11,14,17,20,22-39H2,1-3H3/b12-10-,15-13-,18-16-,21-19-/t40-,41-,42+/m1/s1. The molecule has 1 rings (SSSR count). The van der Waals surface area contributed by atoms with E-state index in [0.717, 1.165) is 32.0 Å². The normalized spacial score (nSPS) is 19.2. The van der Waals surface area contributed by atoms with Crippen LogP contribution in [-0.2, 0) is 9.47 Å². The zero-order chi connectivity index (χ0) is 31.6. The van der Waals surface area contributed by atoms with E-state index < -0.39 is 0 Å². The van der Waals surface area contributed by atoms with Crippen molar-refractivity contribution in [1.29, 1.82) is 0 Å². The summed E-state index contributed by atoms with van der Waals surface area (Å²) in [6.45, 7) is 8.72. The molecule has 0 spiro atoms. The highest BCUT2D eigenvalue weighted by atomic mass is 16.5. The molecular weight excluding hydrogens is 536 g/mol. The lowest BCUT2D eigenvalue weighted by Crippen LogP contribution is -2.27. The molecule has 44 heavy (non-hydrogen) atoms. The first kappa shape index (κ1) is 40.9. The predicted molar refractivity (Wildman–Crippen MR) is 197 cm³/mol. The van der Waals surface area contributed by atoms with Crippen LogP contribution in [0.25, 0.3) is 0 Å². The summed E-state index contributed by atoms with van der Waals surface area (Å²) >= 11 is 0. The molecule has 0 saturated heterocycles. The number of ether oxygens (including phenoxy) is 2. The molecule has 0 aromatic carbocycles. The Kier molecular flexibility index (Phi) is 30.9. The van der Waals surface area contributed by atoms with Crippen molar-refractivity contribution in [2.75, 3.05) is 13.2 Å². The smallest absolute Gasteiger partial charge is 0.0839 e. The predicted octanol–water partition coefficient (Wildman–Crippen LogP) is 13.8. The van der Waals surface area contributed by atoms with Gasteiger partial charge in [-0.05, 0) is 89.4 Å². The first-order valence-electron chi connectivity index (χ1n) is 19.6. The summed E-state index contributed by atoms with van der Waals surface area (Å²) in [5, 5.41) is 0. The molecule has 0 radical (unpaired) electrons. The van der Waals surface area contributed by atoms with Crippen LogP contribution in [0.15, 0.2) is 48.6 Å². The molecular formula is C42H76O2. The Labute approximate surface area is 276 Å². The van der Waals surface area contributed by atoms with Crippen molar-refractivity contribution < 1.29 is 9.47 Å². The summed E-state index contributed by atoms with van der Waals surface area (Å²) in [7, 11) is 0. The van der Waals surface area contributed by atoms with Crippen LogP contribution in [0.1, 0.15) is 188 Å². The van der Waals surface area contributed by atoms with Crippen molar-refractivity contribution >= 4 is 0 Å². The summed E-state index contributed by atoms with van der Waals surface area (Å²) in [5.41, 5.74) is 0. The fourth-order valence-electron chi connectivity index (χ4n) is 6.18. The average molecular weight is 613 g/mol. The van der Waals surface area contributed by atoms with E-state index >= 15 is 0 Å². The summed E-state index contributed by atoms with van der Waals surface area (Å²) in [6.07, 6.45) is 52.9. The van der Waals surface area contributed by atoms with Gasteiger partial charge in [0.1, 0.15) is 0 Å². The fraction of sp³-hybridized carbons (Fsp3) is 0.810. The van der Waals surface area contributed by atoms with Gasteiger partial charge in [-0.2, -0.15) is 0 Å². The Morgan fingerprint density at radius 3 is 1.16 bits per heavy atom. The largest absolute Gasteiger partial charge is 0.376 e. The zero-order valence-corrected chi connectivity index (χ0v) is 30.0. The van der Waals surface area contributed by atoms with Crippen LogP contribution in [0.2, 0.25) is 0 Å². The van der Waals surface area contributed by atoms with Gasteiger partial charge in [-0.1, -0.05) is 153 Å². The molecule has 0 heterocycles. The summed E-state index contributed by atoms with van der Waals surface area (Å²) in [4.78, 5) is 0. The second-order valence-electron chi connectivity index (χ2n) is 13.6. The van der Waals surface area contributed by atoms with E-state index in [2.05, 4.69) is 69.4 Å². The molecule has 0 bridgehead atoms. The molecule has 0 aliphatic heterocycles. The van der Waals surface area contributed by atoms with Crippen molar-refractivity contribution in [2.45, 2.75) is 200 Å². The van der Waals surface area contributed by atoms with E-state index in [0.29, 0.717) is 12.2 Å². The lowest BCUT2D eigenvalue weighted by atomic mass is 10.1. The SMILES string of the molecule is CCCC/C=C\C/C=C\CCCCCCCCCO[C@@H]1C[C@@H](C)C[C@@H]1OCCCCCCCC/C=C\C/C=C\CCCCC. The molecule has 0 aromatic rings. The lowest BCUT2D eigenvalue weighted by molar-refractivity contribution is -0.0578. The lowest BCUT2D eigenvalue weighted by Gasteiger charge is -2.21. The molecule has 0 N–H and O–H groups in total. The van der Waals surface area contributed by atoms with Gasteiger partial charge in [-0.25, -0.2) is 0 Å². The number of hydrogen-bond donors (Lipinski definition) is 0. The number of unbranched alkanes of at least 4 members (excludes halogenated alkanes) is 18. The minimum atomic E-state index is 0.328. The molecule has 0 amide bonds. The molecule has 2 heteroatoms. The van der Waals surface area contributed by atoms with Crippen LogP contribution in [0.4, 0.5) is 0 Å². The van der Waals surface area contributed by atoms with E-state index in [1.165, 1.54) is 154 Å². The van der Waals surface area contributed by atoms with Crippen LogP contribution in [0, 0.1) is 5.92 Å². The minimum absolute atomic E-state index is 0.328. The Balaban J connectivity index is 1.90. The van der Waals surface area contributed by atoms with Gasteiger partial charge in [0.2, 0.25) is 0 Å². The third kappa shape index (κ3) is 27.2. The molecule has 1 saturated carbocycles. The zero-order valence-electron chi connectivity index (χ0n) is 30.0.